The first-order valence-corrected chi connectivity index (χ1v) is 11.7. The van der Waals surface area contributed by atoms with Gasteiger partial charge in [0, 0.05) is 67.5 Å². The Kier molecular flexibility index (Phi) is 6.74. The largest absolute Gasteiger partial charge is 0.382 e. The molecule has 2 fully saturated rings. The molecule has 2 aromatic rings. The number of aryl methyl sites for hydroxylation is 2. The number of carbonyl (C=O) groups is 1. The van der Waals surface area contributed by atoms with Crippen molar-refractivity contribution in [1.82, 2.24) is 14.9 Å². The van der Waals surface area contributed by atoms with Crippen LogP contribution in [0.5, 0.6) is 0 Å². The number of nitrogens with zero attached hydrogens (tertiary/aromatic N) is 3. The fourth-order valence-corrected chi connectivity index (χ4v) is 4.44. The molecule has 7 heteroatoms. The highest BCUT2D eigenvalue weighted by molar-refractivity contribution is 5.96. The molecule has 0 spiro atoms. The average molecular weight is 461 g/mol. The third-order valence-electron chi connectivity index (χ3n) is 6.97. The number of ether oxygens (including phenoxy) is 1. The normalized spacial score (nSPS) is 19.0. The predicted molar refractivity (Wildman–Crippen MR) is 130 cm³/mol. The van der Waals surface area contributed by atoms with Crippen LogP contribution in [0.3, 0.4) is 0 Å². The minimum absolute atomic E-state index is 0.00511. The molecule has 1 amide bonds. The van der Waals surface area contributed by atoms with E-state index in [0.717, 1.165) is 22.5 Å². The van der Waals surface area contributed by atoms with Crippen LogP contribution in [0, 0.1) is 31.1 Å². The van der Waals surface area contributed by atoms with E-state index in [2.05, 4.69) is 11.1 Å². The van der Waals surface area contributed by atoms with Crippen molar-refractivity contribution in [3.8, 4) is 17.3 Å². The first kappa shape index (κ1) is 23.9. The zero-order valence-corrected chi connectivity index (χ0v) is 20.3. The van der Waals surface area contributed by atoms with Gasteiger partial charge < -0.3 is 19.7 Å². The van der Waals surface area contributed by atoms with E-state index < -0.39 is 5.60 Å². The first-order chi connectivity index (χ1) is 16.2. The van der Waals surface area contributed by atoms with Crippen LogP contribution >= 0.6 is 0 Å². The molecule has 0 aliphatic carbocycles. The lowest BCUT2D eigenvalue weighted by atomic mass is 9.90. The quantitative estimate of drug-likeness (QED) is 0.515. The predicted octanol–water partition coefficient (Wildman–Crippen LogP) is 4.18. The third-order valence-corrected chi connectivity index (χ3v) is 6.97. The van der Waals surface area contributed by atoms with Crippen LogP contribution in [0.4, 0.5) is 0 Å². The summed E-state index contributed by atoms with van der Waals surface area (Å²) < 4.78 is 5.40. The topological polar surface area (TPSA) is 102 Å². The van der Waals surface area contributed by atoms with Gasteiger partial charge in [0.25, 0.3) is 5.91 Å². The molecule has 1 aromatic heterocycles. The number of aliphatic hydroxyl groups is 1. The van der Waals surface area contributed by atoms with Gasteiger partial charge in [0.05, 0.1) is 11.8 Å². The van der Waals surface area contributed by atoms with E-state index in [1.165, 1.54) is 5.57 Å². The Morgan fingerprint density at radius 3 is 2.65 bits per heavy atom. The summed E-state index contributed by atoms with van der Waals surface area (Å²) in [6.45, 7) is 10.1. The van der Waals surface area contributed by atoms with Gasteiger partial charge in [0.1, 0.15) is 11.4 Å². The van der Waals surface area contributed by atoms with Crippen LogP contribution in [-0.2, 0) is 10.3 Å². The Balaban J connectivity index is 1.52. The molecule has 2 aliphatic heterocycles. The lowest BCUT2D eigenvalue weighted by Crippen LogP contribution is -2.50. The average Bonchev–Trinajstić information content (AvgIpc) is 3.19. The minimum atomic E-state index is -1.01. The van der Waals surface area contributed by atoms with Crippen molar-refractivity contribution >= 4 is 5.91 Å². The fraction of sp³-hybridized carbons (Fsp3) is 0.444. The van der Waals surface area contributed by atoms with Crippen LogP contribution in [0.2, 0.25) is 0 Å². The maximum Gasteiger partial charge on any atom is 0.253 e. The van der Waals surface area contributed by atoms with Crippen LogP contribution in [0.15, 0.2) is 41.5 Å². The Hall–Kier alpha value is -3.21. The molecule has 3 heterocycles. The minimum Gasteiger partial charge on any atom is -0.382 e. The molecule has 2 saturated heterocycles. The van der Waals surface area contributed by atoms with Gasteiger partial charge in [-0.1, -0.05) is 17.7 Å². The third kappa shape index (κ3) is 4.70. The Bertz CT molecular complexity index is 1190. The number of aromatic amines is 1. The van der Waals surface area contributed by atoms with Crippen LogP contribution < -0.4 is 0 Å². The number of H-pyrrole nitrogens is 1. The number of hydrogen-bond donors (Lipinski definition) is 2. The van der Waals surface area contributed by atoms with Crippen molar-refractivity contribution in [2.75, 3.05) is 26.3 Å². The van der Waals surface area contributed by atoms with Crippen molar-refractivity contribution in [3.05, 3.63) is 64.1 Å². The molecule has 0 atom stereocenters. The van der Waals surface area contributed by atoms with E-state index in [0.29, 0.717) is 62.0 Å². The number of amides is 1. The summed E-state index contributed by atoms with van der Waals surface area (Å²) in [6, 6.07) is 7.85. The van der Waals surface area contributed by atoms with Gasteiger partial charge in [-0.05, 0) is 51.5 Å². The highest BCUT2D eigenvalue weighted by atomic mass is 16.5. The van der Waals surface area contributed by atoms with Crippen LogP contribution in [0.25, 0.3) is 11.3 Å². The van der Waals surface area contributed by atoms with Crippen molar-refractivity contribution in [2.24, 2.45) is 5.92 Å². The van der Waals surface area contributed by atoms with E-state index >= 15 is 0 Å². The zero-order valence-electron chi connectivity index (χ0n) is 20.3. The summed E-state index contributed by atoms with van der Waals surface area (Å²) >= 11 is 0. The molecular formula is C27H32N4O3. The summed E-state index contributed by atoms with van der Waals surface area (Å²) in [7, 11) is 0. The first-order valence-electron chi connectivity index (χ1n) is 11.7. The van der Waals surface area contributed by atoms with Crippen molar-refractivity contribution in [2.45, 2.75) is 46.1 Å². The molecule has 0 saturated carbocycles. The number of nitriles is 1. The maximum atomic E-state index is 13.2. The number of allylic oxidation sites excluding steroid dienone is 3. The molecule has 1 aromatic carbocycles. The van der Waals surface area contributed by atoms with Gasteiger partial charge in [-0.25, -0.2) is 4.98 Å². The van der Waals surface area contributed by atoms with E-state index in [1.54, 1.807) is 6.92 Å². The van der Waals surface area contributed by atoms with Crippen LogP contribution in [-0.4, -0.2) is 52.2 Å². The molecule has 0 unspecified atom stereocenters. The molecule has 4 rings (SSSR count). The van der Waals surface area contributed by atoms with Gasteiger partial charge in [-0.15, -0.1) is 0 Å². The molecule has 7 nitrogen and oxygen atoms in total. The number of likely N-dealkylation sites (tertiary alicyclic amines) is 1. The van der Waals surface area contributed by atoms with Gasteiger partial charge in [-0.3, -0.25) is 4.79 Å². The summed E-state index contributed by atoms with van der Waals surface area (Å²) in [6.07, 6.45) is 4.81. The maximum absolute atomic E-state index is 13.2. The molecule has 178 valence electrons. The number of rotatable bonds is 5. The Labute approximate surface area is 200 Å². The summed E-state index contributed by atoms with van der Waals surface area (Å²) in [5, 5.41) is 19.9. The van der Waals surface area contributed by atoms with E-state index in [9.17, 15) is 9.90 Å². The van der Waals surface area contributed by atoms with E-state index in [-0.39, 0.29) is 5.91 Å². The van der Waals surface area contributed by atoms with Crippen molar-refractivity contribution < 1.29 is 14.6 Å². The second kappa shape index (κ2) is 9.57. The van der Waals surface area contributed by atoms with Gasteiger partial charge in [0.15, 0.2) is 0 Å². The van der Waals surface area contributed by atoms with Crippen LogP contribution in [0.1, 0.15) is 54.1 Å². The molecule has 2 aliphatic rings. The second-order valence-corrected chi connectivity index (χ2v) is 9.51. The molecule has 0 bridgehead atoms. The lowest BCUT2D eigenvalue weighted by molar-refractivity contribution is -0.0729. The monoisotopic (exact) mass is 460 g/mol. The van der Waals surface area contributed by atoms with Gasteiger partial charge >= 0.3 is 0 Å². The number of aromatic nitrogens is 2. The number of nitrogens with one attached hydrogen (secondary N) is 1. The smallest absolute Gasteiger partial charge is 0.253 e. The highest BCUT2D eigenvalue weighted by Crippen LogP contribution is 2.34. The molecule has 34 heavy (non-hydrogen) atoms. The summed E-state index contributed by atoms with van der Waals surface area (Å²) in [5.74, 6) is 0.881. The highest BCUT2D eigenvalue weighted by Gasteiger charge is 2.36. The SMILES string of the molecule is CC(C#N)=CC=C(C)C1CN(C(=O)c2ccc(C)c(-c3nc(C4(O)CCOCC4)[nH]c3C)c2)C1. The summed E-state index contributed by atoms with van der Waals surface area (Å²) in [5.41, 5.74) is 5.02. The number of carbonyl (C=O) groups excluding carboxylic acids is 1. The van der Waals surface area contributed by atoms with Gasteiger partial charge in [0.2, 0.25) is 0 Å². The lowest BCUT2D eigenvalue weighted by Gasteiger charge is -2.40. The molecule has 2 N–H and O–H groups in total. The standard InChI is InChI=1S/C27H32N4O3/c1-17(14-28)5-6-18(2)22-15-31(16-22)25(32)21-8-7-19(3)23(13-21)24-20(4)29-26(30-24)27(33)9-11-34-12-10-27/h5-8,13,22,33H,9-12,15-16H2,1-4H3,(H,29,30). The fourth-order valence-electron chi connectivity index (χ4n) is 4.44. The number of imidazole rings is 1. The second-order valence-electron chi connectivity index (χ2n) is 9.51. The van der Waals surface area contributed by atoms with Crippen molar-refractivity contribution in [1.29, 1.82) is 5.26 Å². The van der Waals surface area contributed by atoms with Gasteiger partial charge in [-0.2, -0.15) is 5.26 Å². The Morgan fingerprint density at radius 1 is 1.26 bits per heavy atom. The Morgan fingerprint density at radius 2 is 1.97 bits per heavy atom. The van der Waals surface area contributed by atoms with E-state index in [4.69, 9.17) is 15.0 Å². The zero-order chi connectivity index (χ0) is 24.5. The molecular weight excluding hydrogens is 428 g/mol. The molecule has 0 radical (unpaired) electrons. The number of benzene rings is 1. The number of hydrogen-bond acceptors (Lipinski definition) is 5. The van der Waals surface area contributed by atoms with E-state index in [1.807, 2.05) is 56.0 Å². The van der Waals surface area contributed by atoms with Crippen molar-refractivity contribution in [3.63, 3.8) is 0 Å². The summed E-state index contributed by atoms with van der Waals surface area (Å²) in [4.78, 5) is 23.1.